The monoisotopic (exact) mass is 207 g/mol. The van der Waals surface area contributed by atoms with Gasteiger partial charge in [-0.15, -0.1) is 0 Å². The molecule has 0 bridgehead atoms. The average molecular weight is 207 g/mol. The molecule has 1 atom stereocenters. The Kier molecular flexibility index (Phi) is 2.19. The van der Waals surface area contributed by atoms with Crippen LogP contribution in [0.5, 0.6) is 0 Å². The summed E-state index contributed by atoms with van der Waals surface area (Å²) in [5, 5.41) is 8.94. The molecule has 1 aliphatic rings. The number of nitrogens with zero attached hydrogens (tertiary/aromatic N) is 2. The van der Waals surface area contributed by atoms with Gasteiger partial charge in [0, 0.05) is 22.9 Å². The number of carboxylic acid groups (broad SMARTS) is 1. The number of nitrogens with two attached hydrogens (primary N) is 1. The molecule has 1 saturated carbocycles. The van der Waals surface area contributed by atoms with Crippen molar-refractivity contribution in [1.29, 1.82) is 0 Å². The normalized spacial score (nSPS) is 19.6. The highest BCUT2D eigenvalue weighted by atomic mass is 16.4. The fourth-order valence-electron chi connectivity index (χ4n) is 2.00. The molecule has 3 N–H and O–H groups in total. The molecule has 15 heavy (non-hydrogen) atoms. The molecule has 1 unspecified atom stereocenters. The molecule has 0 amide bonds. The first-order chi connectivity index (χ1) is 7.08. The first-order valence-corrected chi connectivity index (χ1v) is 4.83. The van der Waals surface area contributed by atoms with Crippen LogP contribution in [-0.4, -0.2) is 27.1 Å². The molecule has 0 radical (unpaired) electrons. The molecule has 1 aromatic rings. The number of hydrogen-bond donors (Lipinski definition) is 2. The van der Waals surface area contributed by atoms with Crippen molar-refractivity contribution >= 4 is 5.97 Å². The number of aryl methyl sites for hydroxylation is 1. The van der Waals surface area contributed by atoms with Crippen LogP contribution in [0.1, 0.15) is 24.1 Å². The summed E-state index contributed by atoms with van der Waals surface area (Å²) in [5.41, 5.74) is 6.96. The van der Waals surface area contributed by atoms with Crippen molar-refractivity contribution in [3.63, 3.8) is 0 Å². The standard InChI is InChI=1S/C10H13N3O2/c1-6-7(4-12-5-13-6)10(2-3-10)8(11)9(14)15/h4-5,8H,2-3,11H2,1H3,(H,14,15). The highest BCUT2D eigenvalue weighted by Gasteiger charge is 2.53. The van der Waals surface area contributed by atoms with Crippen molar-refractivity contribution in [1.82, 2.24) is 9.97 Å². The van der Waals surface area contributed by atoms with E-state index in [0.717, 1.165) is 24.1 Å². The lowest BCUT2D eigenvalue weighted by atomic mass is 9.88. The average Bonchev–Trinajstić information content (AvgIpc) is 2.98. The largest absolute Gasteiger partial charge is 0.480 e. The Morgan fingerprint density at radius 1 is 1.67 bits per heavy atom. The summed E-state index contributed by atoms with van der Waals surface area (Å²) in [4.78, 5) is 18.9. The number of rotatable bonds is 3. The Hall–Kier alpha value is -1.49. The van der Waals surface area contributed by atoms with Crippen LogP contribution in [0.2, 0.25) is 0 Å². The van der Waals surface area contributed by atoms with E-state index in [1.807, 2.05) is 6.92 Å². The first-order valence-electron chi connectivity index (χ1n) is 4.83. The molecule has 1 aromatic heterocycles. The molecule has 5 heteroatoms. The lowest BCUT2D eigenvalue weighted by Gasteiger charge is -2.20. The van der Waals surface area contributed by atoms with Crippen LogP contribution in [0.4, 0.5) is 0 Å². The van der Waals surface area contributed by atoms with Crippen LogP contribution in [-0.2, 0) is 10.2 Å². The molecule has 0 spiro atoms. The van der Waals surface area contributed by atoms with Gasteiger partial charge in [-0.3, -0.25) is 4.79 Å². The van der Waals surface area contributed by atoms with E-state index in [1.165, 1.54) is 6.33 Å². The maximum atomic E-state index is 10.9. The van der Waals surface area contributed by atoms with Crippen LogP contribution in [0.15, 0.2) is 12.5 Å². The van der Waals surface area contributed by atoms with E-state index >= 15 is 0 Å². The molecule has 5 nitrogen and oxygen atoms in total. The number of carboxylic acids is 1. The summed E-state index contributed by atoms with van der Waals surface area (Å²) >= 11 is 0. The van der Waals surface area contributed by atoms with Gasteiger partial charge >= 0.3 is 5.97 Å². The number of hydrogen-bond acceptors (Lipinski definition) is 4. The van der Waals surface area contributed by atoms with Gasteiger partial charge in [-0.1, -0.05) is 0 Å². The third-order valence-electron chi connectivity index (χ3n) is 3.10. The van der Waals surface area contributed by atoms with Crippen LogP contribution in [0.3, 0.4) is 0 Å². The van der Waals surface area contributed by atoms with Crippen LogP contribution in [0, 0.1) is 6.92 Å². The maximum Gasteiger partial charge on any atom is 0.321 e. The van der Waals surface area contributed by atoms with E-state index in [2.05, 4.69) is 9.97 Å². The van der Waals surface area contributed by atoms with Crippen molar-refractivity contribution < 1.29 is 9.90 Å². The summed E-state index contributed by atoms with van der Waals surface area (Å²) in [6, 6.07) is -0.859. The molecule has 0 saturated heterocycles. The van der Waals surface area contributed by atoms with Gasteiger partial charge in [0.1, 0.15) is 12.4 Å². The Balaban J connectivity index is 2.39. The van der Waals surface area contributed by atoms with Crippen molar-refractivity contribution in [3.8, 4) is 0 Å². The summed E-state index contributed by atoms with van der Waals surface area (Å²) in [5.74, 6) is -0.962. The van der Waals surface area contributed by atoms with Gasteiger partial charge < -0.3 is 10.8 Å². The second-order valence-electron chi connectivity index (χ2n) is 3.99. The maximum absolute atomic E-state index is 10.9. The van der Waals surface area contributed by atoms with E-state index in [4.69, 9.17) is 10.8 Å². The van der Waals surface area contributed by atoms with Crippen molar-refractivity contribution in [2.75, 3.05) is 0 Å². The lowest BCUT2D eigenvalue weighted by molar-refractivity contribution is -0.139. The second kappa shape index (κ2) is 3.27. The van der Waals surface area contributed by atoms with Gasteiger partial charge in [0.25, 0.3) is 0 Å². The summed E-state index contributed by atoms with van der Waals surface area (Å²) in [7, 11) is 0. The molecular formula is C10H13N3O2. The third kappa shape index (κ3) is 1.48. The third-order valence-corrected chi connectivity index (χ3v) is 3.10. The molecule has 80 valence electrons. The minimum Gasteiger partial charge on any atom is -0.480 e. The van der Waals surface area contributed by atoms with E-state index in [1.54, 1.807) is 6.20 Å². The molecule has 1 aliphatic carbocycles. The molecule has 0 aromatic carbocycles. The van der Waals surface area contributed by atoms with Crippen LogP contribution >= 0.6 is 0 Å². The molecular weight excluding hydrogens is 194 g/mol. The second-order valence-corrected chi connectivity index (χ2v) is 3.99. The van der Waals surface area contributed by atoms with Gasteiger partial charge in [0.15, 0.2) is 0 Å². The fourth-order valence-corrected chi connectivity index (χ4v) is 2.00. The minimum absolute atomic E-state index is 0.433. The highest BCUT2D eigenvalue weighted by molar-refractivity contribution is 5.77. The molecule has 0 aliphatic heterocycles. The van der Waals surface area contributed by atoms with Crippen molar-refractivity contribution in [2.24, 2.45) is 5.73 Å². The SMILES string of the molecule is Cc1ncncc1C1(C(N)C(=O)O)CC1. The zero-order valence-electron chi connectivity index (χ0n) is 8.47. The topological polar surface area (TPSA) is 89.1 Å². The van der Waals surface area contributed by atoms with Crippen molar-refractivity contribution in [3.05, 3.63) is 23.8 Å². The smallest absolute Gasteiger partial charge is 0.321 e. The molecule has 1 heterocycles. The van der Waals surface area contributed by atoms with Gasteiger partial charge in [0.2, 0.25) is 0 Å². The summed E-state index contributed by atoms with van der Waals surface area (Å²) < 4.78 is 0. The predicted molar refractivity (Wildman–Crippen MR) is 53.3 cm³/mol. The van der Waals surface area contributed by atoms with E-state index in [0.29, 0.717) is 0 Å². The van der Waals surface area contributed by atoms with Gasteiger partial charge in [-0.25, -0.2) is 9.97 Å². The molecule has 1 fully saturated rings. The van der Waals surface area contributed by atoms with E-state index in [-0.39, 0.29) is 0 Å². The van der Waals surface area contributed by atoms with Crippen LogP contribution < -0.4 is 5.73 Å². The summed E-state index contributed by atoms with van der Waals surface area (Å²) in [6.07, 6.45) is 4.74. The zero-order valence-corrected chi connectivity index (χ0v) is 8.47. The quantitative estimate of drug-likeness (QED) is 0.740. The zero-order chi connectivity index (χ0) is 11.1. The predicted octanol–water partition coefficient (Wildman–Crippen LogP) is 0.229. The number of aromatic nitrogens is 2. The van der Waals surface area contributed by atoms with E-state index < -0.39 is 17.4 Å². The number of carbonyl (C=O) groups is 1. The minimum atomic E-state index is -0.962. The van der Waals surface area contributed by atoms with Gasteiger partial charge in [-0.05, 0) is 19.8 Å². The Morgan fingerprint density at radius 2 is 2.33 bits per heavy atom. The lowest BCUT2D eigenvalue weighted by Crippen LogP contribution is -2.42. The van der Waals surface area contributed by atoms with Crippen LogP contribution in [0.25, 0.3) is 0 Å². The van der Waals surface area contributed by atoms with Gasteiger partial charge in [-0.2, -0.15) is 0 Å². The summed E-state index contributed by atoms with van der Waals surface area (Å²) in [6.45, 7) is 1.85. The van der Waals surface area contributed by atoms with E-state index in [9.17, 15) is 4.79 Å². The fraction of sp³-hybridized carbons (Fsp3) is 0.500. The first kappa shape index (κ1) is 10.0. The Bertz CT molecular complexity index is 401. The van der Waals surface area contributed by atoms with Gasteiger partial charge in [0.05, 0.1) is 0 Å². The molecule has 2 rings (SSSR count). The number of aliphatic carboxylic acids is 1. The Labute approximate surface area is 87.4 Å². The van der Waals surface area contributed by atoms with Crippen molar-refractivity contribution in [2.45, 2.75) is 31.2 Å². The Morgan fingerprint density at radius 3 is 2.80 bits per heavy atom. The highest BCUT2D eigenvalue weighted by Crippen LogP contribution is 2.50.